The molecule has 1 amide bonds. The molecule has 3 rings (SSSR count). The highest BCUT2D eigenvalue weighted by atomic mass is 35.5. The van der Waals surface area contributed by atoms with Gasteiger partial charge in [0.25, 0.3) is 15.6 Å². The number of methoxy groups -OCH3 is 1. The zero-order valence-corrected chi connectivity index (χ0v) is 21.8. The van der Waals surface area contributed by atoms with Crippen molar-refractivity contribution >= 4 is 45.8 Å². The maximum absolute atomic E-state index is 13.0. The normalized spacial score (nSPS) is 10.8. The second kappa shape index (κ2) is 11.9. The van der Waals surface area contributed by atoms with Crippen molar-refractivity contribution in [1.29, 1.82) is 5.41 Å². The molecule has 0 bridgehead atoms. The largest absolute Gasteiger partial charge is 0.495 e. The molecule has 0 aliphatic rings. The molecule has 2 aromatic carbocycles. The lowest BCUT2D eigenvalue weighted by atomic mass is 10.1. The van der Waals surface area contributed by atoms with Crippen LogP contribution in [0.5, 0.6) is 5.75 Å². The fourth-order valence-corrected chi connectivity index (χ4v) is 4.54. The van der Waals surface area contributed by atoms with Crippen molar-refractivity contribution in [3.8, 4) is 5.75 Å². The number of amides is 1. The highest BCUT2D eigenvalue weighted by molar-refractivity contribution is 7.92. The van der Waals surface area contributed by atoms with E-state index in [1.165, 1.54) is 37.6 Å². The van der Waals surface area contributed by atoms with E-state index in [-0.39, 0.29) is 52.4 Å². The Balaban J connectivity index is 0.00000456. The van der Waals surface area contributed by atoms with Gasteiger partial charge in [-0.15, -0.1) is 12.4 Å². The standard InChI is InChI=1S/C23H24ClN5O5S.ClH/c1-14-9-10-29(28-35(32,33)20-8-7-17(24)11-19(20)34-2)23(31)18(14)12-21(30)27-13-15-3-5-16(6-4-15)22(25)26;/h3-11,28H,12-13H2,1-2H3,(H3,25,26)(H,27,30);1H. The highest BCUT2D eigenvalue weighted by Gasteiger charge is 2.22. The van der Waals surface area contributed by atoms with E-state index in [9.17, 15) is 18.0 Å². The summed E-state index contributed by atoms with van der Waals surface area (Å²) >= 11 is 5.90. The van der Waals surface area contributed by atoms with E-state index in [0.29, 0.717) is 11.1 Å². The Morgan fingerprint density at radius 2 is 1.83 bits per heavy atom. The fraction of sp³-hybridized carbons (Fsp3) is 0.174. The summed E-state index contributed by atoms with van der Waals surface area (Å²) in [5, 5.41) is 10.4. The number of carbonyl (C=O) groups is 1. The van der Waals surface area contributed by atoms with Crippen molar-refractivity contribution in [1.82, 2.24) is 9.99 Å². The Morgan fingerprint density at radius 3 is 2.44 bits per heavy atom. The molecule has 1 aromatic heterocycles. The smallest absolute Gasteiger partial charge is 0.279 e. The predicted molar refractivity (Wildman–Crippen MR) is 140 cm³/mol. The minimum Gasteiger partial charge on any atom is -0.495 e. The minimum atomic E-state index is -4.20. The van der Waals surface area contributed by atoms with Gasteiger partial charge in [0.1, 0.15) is 16.5 Å². The summed E-state index contributed by atoms with van der Waals surface area (Å²) in [7, 11) is -2.90. The van der Waals surface area contributed by atoms with Crippen molar-refractivity contribution < 1.29 is 17.9 Å². The molecule has 0 unspecified atom stereocenters. The van der Waals surface area contributed by atoms with Crippen LogP contribution in [0, 0.1) is 12.3 Å². The lowest BCUT2D eigenvalue weighted by molar-refractivity contribution is -0.120. The molecule has 0 saturated carbocycles. The first-order valence-corrected chi connectivity index (χ1v) is 12.2. The molecule has 1 heterocycles. The summed E-state index contributed by atoms with van der Waals surface area (Å²) in [5.41, 5.74) is 6.79. The molecule has 3 aromatic rings. The molecule has 0 spiro atoms. The summed E-state index contributed by atoms with van der Waals surface area (Å²) in [6, 6.07) is 12.3. The van der Waals surface area contributed by atoms with E-state index in [4.69, 9.17) is 27.5 Å². The number of hydrogen-bond donors (Lipinski definition) is 4. The Hall–Kier alpha value is -3.54. The SMILES string of the molecule is COc1cc(Cl)ccc1S(=O)(=O)Nn1ccc(C)c(CC(=O)NCc2ccc(C(=N)N)cc2)c1=O.Cl. The van der Waals surface area contributed by atoms with Crippen molar-refractivity contribution in [2.45, 2.75) is 24.8 Å². The Morgan fingerprint density at radius 1 is 1.17 bits per heavy atom. The minimum absolute atomic E-state index is 0. The molecule has 0 aliphatic heterocycles. The molecule has 0 aliphatic carbocycles. The summed E-state index contributed by atoms with van der Waals surface area (Å²) in [6.07, 6.45) is 1.03. The number of nitrogens with zero attached hydrogens (tertiary/aromatic N) is 1. The first-order chi connectivity index (χ1) is 16.5. The van der Waals surface area contributed by atoms with Gasteiger partial charge in [-0.1, -0.05) is 35.9 Å². The van der Waals surface area contributed by atoms with Gasteiger partial charge in [0.15, 0.2) is 0 Å². The van der Waals surface area contributed by atoms with Crippen LogP contribution in [0.3, 0.4) is 0 Å². The van der Waals surface area contributed by atoms with Gasteiger partial charge >= 0.3 is 0 Å². The highest BCUT2D eigenvalue weighted by Crippen LogP contribution is 2.27. The van der Waals surface area contributed by atoms with E-state index in [1.54, 1.807) is 31.2 Å². The summed E-state index contributed by atoms with van der Waals surface area (Å²) in [4.78, 5) is 27.5. The molecule has 0 fully saturated rings. The third-order valence-corrected chi connectivity index (χ3v) is 6.74. The van der Waals surface area contributed by atoms with Crippen molar-refractivity contribution in [2.75, 3.05) is 11.9 Å². The average Bonchev–Trinajstić information content (AvgIpc) is 2.82. The van der Waals surface area contributed by atoms with Crippen LogP contribution < -0.4 is 26.2 Å². The number of amidine groups is 1. The van der Waals surface area contributed by atoms with E-state index in [0.717, 1.165) is 10.2 Å². The van der Waals surface area contributed by atoms with Gasteiger partial charge in [-0.05, 0) is 36.2 Å². The van der Waals surface area contributed by atoms with Crippen LogP contribution in [0.1, 0.15) is 22.3 Å². The third kappa shape index (κ3) is 6.78. The Labute approximate surface area is 219 Å². The lowest BCUT2D eigenvalue weighted by Crippen LogP contribution is -2.36. The third-order valence-electron chi connectivity index (χ3n) is 5.15. The van der Waals surface area contributed by atoms with E-state index >= 15 is 0 Å². The molecule has 36 heavy (non-hydrogen) atoms. The van der Waals surface area contributed by atoms with Crippen molar-refractivity contribution in [3.63, 3.8) is 0 Å². The van der Waals surface area contributed by atoms with Gasteiger partial charge in [-0.3, -0.25) is 15.0 Å². The van der Waals surface area contributed by atoms with Crippen molar-refractivity contribution in [3.05, 3.63) is 92.4 Å². The predicted octanol–water partition coefficient (Wildman–Crippen LogP) is 2.32. The molecule has 0 saturated heterocycles. The number of halogens is 2. The Bertz CT molecular complexity index is 1440. The Kier molecular flexibility index (Phi) is 9.51. The summed E-state index contributed by atoms with van der Waals surface area (Å²) < 4.78 is 31.7. The second-order valence-corrected chi connectivity index (χ2v) is 9.67. The molecule has 10 nitrogen and oxygen atoms in total. The quantitative estimate of drug-likeness (QED) is 0.235. The number of benzene rings is 2. The molecular formula is C23H25Cl2N5O5S. The number of pyridine rings is 1. The van der Waals surface area contributed by atoms with Gasteiger partial charge in [-0.2, -0.15) is 8.42 Å². The van der Waals surface area contributed by atoms with Crippen LogP contribution in [0.2, 0.25) is 5.02 Å². The summed E-state index contributed by atoms with van der Waals surface area (Å²) in [6.45, 7) is 1.87. The maximum Gasteiger partial charge on any atom is 0.279 e. The van der Waals surface area contributed by atoms with Gasteiger partial charge in [-0.25, -0.2) is 9.51 Å². The number of sulfonamides is 1. The number of carbonyl (C=O) groups excluding carboxylic acids is 1. The van der Waals surface area contributed by atoms with Crippen LogP contribution in [-0.2, 0) is 27.8 Å². The van der Waals surface area contributed by atoms with E-state index < -0.39 is 21.5 Å². The molecule has 0 atom stereocenters. The van der Waals surface area contributed by atoms with Crippen LogP contribution in [-0.4, -0.2) is 31.9 Å². The number of nitrogen functional groups attached to an aromatic ring is 1. The van der Waals surface area contributed by atoms with Gasteiger partial charge in [0.05, 0.1) is 13.5 Å². The van der Waals surface area contributed by atoms with Gasteiger partial charge in [0, 0.05) is 35.0 Å². The first kappa shape index (κ1) is 28.7. The first-order valence-electron chi connectivity index (χ1n) is 10.3. The summed E-state index contributed by atoms with van der Waals surface area (Å²) in [5.74, 6) is -0.455. The van der Waals surface area contributed by atoms with Gasteiger partial charge in [0.2, 0.25) is 5.91 Å². The number of ether oxygens (including phenoxy) is 1. The van der Waals surface area contributed by atoms with Gasteiger partial charge < -0.3 is 15.8 Å². The maximum atomic E-state index is 13.0. The topological polar surface area (TPSA) is 156 Å². The van der Waals surface area contributed by atoms with Crippen LogP contribution in [0.25, 0.3) is 0 Å². The van der Waals surface area contributed by atoms with Crippen LogP contribution in [0.15, 0.2) is 64.4 Å². The molecule has 13 heteroatoms. The van der Waals surface area contributed by atoms with E-state index in [1.807, 2.05) is 0 Å². The van der Waals surface area contributed by atoms with Crippen LogP contribution >= 0.6 is 24.0 Å². The second-order valence-electron chi connectivity index (χ2n) is 7.61. The number of nitrogens with one attached hydrogen (secondary N) is 3. The molecular weight excluding hydrogens is 529 g/mol. The number of nitrogens with two attached hydrogens (primary N) is 1. The zero-order valence-electron chi connectivity index (χ0n) is 19.4. The number of aryl methyl sites for hydroxylation is 1. The fourth-order valence-electron chi connectivity index (χ4n) is 3.22. The monoisotopic (exact) mass is 553 g/mol. The van der Waals surface area contributed by atoms with Crippen LogP contribution in [0.4, 0.5) is 0 Å². The molecule has 5 N–H and O–H groups in total. The number of rotatable bonds is 9. The molecule has 192 valence electrons. The molecule has 0 radical (unpaired) electrons. The lowest BCUT2D eigenvalue weighted by Gasteiger charge is -2.15. The zero-order chi connectivity index (χ0) is 25.8. The number of hydrogen-bond acceptors (Lipinski definition) is 6. The van der Waals surface area contributed by atoms with Crippen molar-refractivity contribution in [2.24, 2.45) is 5.73 Å². The number of aromatic nitrogens is 1. The van der Waals surface area contributed by atoms with E-state index in [2.05, 4.69) is 10.1 Å². The average molecular weight is 554 g/mol.